The molecule has 1 aromatic heterocycles. The van der Waals surface area contributed by atoms with Crippen molar-refractivity contribution in [2.45, 2.75) is 32.8 Å². The second-order valence-corrected chi connectivity index (χ2v) is 6.62. The number of aliphatic hydroxyl groups is 1. The Morgan fingerprint density at radius 2 is 2.00 bits per heavy atom. The Hall–Kier alpha value is -1.46. The summed E-state index contributed by atoms with van der Waals surface area (Å²) in [6, 6.07) is 3.11. The van der Waals surface area contributed by atoms with Gasteiger partial charge in [0, 0.05) is 16.7 Å². The van der Waals surface area contributed by atoms with Gasteiger partial charge in [-0.15, -0.1) is 11.3 Å². The summed E-state index contributed by atoms with van der Waals surface area (Å²) in [6.07, 6.45) is 1.69. The fourth-order valence-electron chi connectivity index (χ4n) is 2.67. The molecule has 0 fully saturated rings. The number of carbonyl (C=O) groups excluding carboxylic acids is 1. The predicted molar refractivity (Wildman–Crippen MR) is 72.3 cm³/mol. The number of carbonyl (C=O) groups is 2. The van der Waals surface area contributed by atoms with E-state index in [-0.39, 0.29) is 17.1 Å². The van der Waals surface area contributed by atoms with E-state index in [9.17, 15) is 14.7 Å². The minimum Gasteiger partial charge on any atom is -0.477 e. The highest BCUT2D eigenvalue weighted by Gasteiger charge is 2.50. The average molecular weight is 280 g/mol. The SMILES string of the molecule is CC1=CC(=O)CC(C)(C)C1(O)c1ccc(C(=O)O)s1. The van der Waals surface area contributed by atoms with Gasteiger partial charge in [-0.1, -0.05) is 13.8 Å². The van der Waals surface area contributed by atoms with Gasteiger partial charge in [0.25, 0.3) is 0 Å². The minimum absolute atomic E-state index is 0.0119. The normalized spacial score (nSPS) is 26.1. The summed E-state index contributed by atoms with van der Waals surface area (Å²) in [4.78, 5) is 23.3. The summed E-state index contributed by atoms with van der Waals surface area (Å²) < 4.78 is 0. The molecule has 0 spiro atoms. The van der Waals surface area contributed by atoms with Crippen LogP contribution in [0.3, 0.4) is 0 Å². The molecular weight excluding hydrogens is 264 g/mol. The van der Waals surface area contributed by atoms with Gasteiger partial charge in [0.2, 0.25) is 0 Å². The molecule has 2 rings (SSSR count). The monoisotopic (exact) mass is 280 g/mol. The van der Waals surface area contributed by atoms with E-state index < -0.39 is 17.0 Å². The second-order valence-electron chi connectivity index (χ2n) is 5.53. The van der Waals surface area contributed by atoms with Crippen LogP contribution < -0.4 is 0 Å². The van der Waals surface area contributed by atoms with Crippen molar-refractivity contribution in [2.24, 2.45) is 5.41 Å². The largest absolute Gasteiger partial charge is 0.477 e. The van der Waals surface area contributed by atoms with Crippen LogP contribution in [0.15, 0.2) is 23.8 Å². The van der Waals surface area contributed by atoms with Gasteiger partial charge in [0.05, 0.1) is 0 Å². The van der Waals surface area contributed by atoms with Crippen LogP contribution in [0.5, 0.6) is 0 Å². The van der Waals surface area contributed by atoms with E-state index >= 15 is 0 Å². The zero-order chi connectivity index (χ0) is 14.4. The third-order valence-corrected chi connectivity index (χ3v) is 4.90. The Labute approximate surface area is 115 Å². The fraction of sp³-hybridized carbons (Fsp3) is 0.429. The van der Waals surface area contributed by atoms with Gasteiger partial charge in [-0.25, -0.2) is 4.79 Å². The molecule has 0 aliphatic heterocycles. The van der Waals surface area contributed by atoms with Gasteiger partial charge in [-0.3, -0.25) is 4.79 Å². The van der Waals surface area contributed by atoms with E-state index in [1.165, 1.54) is 12.1 Å². The third kappa shape index (κ3) is 2.03. The van der Waals surface area contributed by atoms with Gasteiger partial charge in [0.15, 0.2) is 5.78 Å². The number of rotatable bonds is 2. The van der Waals surface area contributed by atoms with Crippen LogP contribution in [0.2, 0.25) is 0 Å². The van der Waals surface area contributed by atoms with Crippen molar-refractivity contribution in [3.63, 3.8) is 0 Å². The standard InChI is InChI=1S/C14H16O4S/c1-8-6-9(15)7-13(2,3)14(8,18)11-5-4-10(19-11)12(16)17/h4-6,18H,7H2,1-3H3,(H,16,17). The first-order valence-corrected chi connectivity index (χ1v) is 6.78. The number of carboxylic acid groups (broad SMARTS) is 1. The minimum atomic E-state index is -1.29. The number of ketones is 1. The summed E-state index contributed by atoms with van der Waals surface area (Å²) in [5.74, 6) is -1.02. The highest BCUT2D eigenvalue weighted by Crippen LogP contribution is 2.51. The second kappa shape index (κ2) is 4.28. The molecule has 1 heterocycles. The Balaban J connectivity index is 2.58. The van der Waals surface area contributed by atoms with E-state index in [1.54, 1.807) is 13.0 Å². The highest BCUT2D eigenvalue weighted by atomic mass is 32.1. The summed E-state index contributed by atoms with van der Waals surface area (Å²) in [5.41, 5.74) is -1.39. The third-order valence-electron chi connectivity index (χ3n) is 3.72. The molecule has 1 aliphatic carbocycles. The van der Waals surface area contributed by atoms with Gasteiger partial charge in [-0.05, 0) is 30.7 Å². The topological polar surface area (TPSA) is 74.6 Å². The summed E-state index contributed by atoms with van der Waals surface area (Å²) >= 11 is 1.05. The maximum absolute atomic E-state index is 11.6. The van der Waals surface area contributed by atoms with Crippen molar-refractivity contribution in [1.29, 1.82) is 0 Å². The molecular formula is C14H16O4S. The van der Waals surface area contributed by atoms with E-state index in [2.05, 4.69) is 0 Å². The van der Waals surface area contributed by atoms with Crippen LogP contribution in [-0.4, -0.2) is 22.0 Å². The molecule has 0 radical (unpaired) electrons. The molecule has 19 heavy (non-hydrogen) atoms. The average Bonchev–Trinajstić information content (AvgIpc) is 2.74. The Bertz CT molecular complexity index is 582. The lowest BCUT2D eigenvalue weighted by Crippen LogP contribution is -2.46. The molecule has 0 bridgehead atoms. The van der Waals surface area contributed by atoms with Crippen LogP contribution in [0.25, 0.3) is 0 Å². The summed E-state index contributed by atoms with van der Waals surface area (Å²) in [7, 11) is 0. The van der Waals surface area contributed by atoms with Crippen molar-refractivity contribution < 1.29 is 19.8 Å². The molecule has 0 amide bonds. The van der Waals surface area contributed by atoms with Crippen LogP contribution in [0, 0.1) is 5.41 Å². The predicted octanol–water partition coefficient (Wildman–Crippen LogP) is 2.58. The molecule has 1 unspecified atom stereocenters. The maximum Gasteiger partial charge on any atom is 0.345 e. The molecule has 102 valence electrons. The van der Waals surface area contributed by atoms with Crippen molar-refractivity contribution in [1.82, 2.24) is 0 Å². The molecule has 5 heteroatoms. The van der Waals surface area contributed by atoms with Gasteiger partial charge in [0.1, 0.15) is 10.5 Å². The smallest absolute Gasteiger partial charge is 0.345 e. The van der Waals surface area contributed by atoms with Gasteiger partial charge in [-0.2, -0.15) is 0 Å². The molecule has 0 saturated carbocycles. The Morgan fingerprint density at radius 1 is 1.37 bits per heavy atom. The van der Waals surface area contributed by atoms with Crippen molar-refractivity contribution >= 4 is 23.1 Å². The maximum atomic E-state index is 11.6. The lowest BCUT2D eigenvalue weighted by Gasteiger charge is -2.45. The number of hydrogen-bond acceptors (Lipinski definition) is 4. The molecule has 0 saturated heterocycles. The lowest BCUT2D eigenvalue weighted by molar-refractivity contribution is -0.124. The molecule has 1 atom stereocenters. The van der Waals surface area contributed by atoms with Crippen LogP contribution in [0.4, 0.5) is 0 Å². The van der Waals surface area contributed by atoms with E-state index in [4.69, 9.17) is 5.11 Å². The number of carboxylic acids is 1. The molecule has 1 aliphatic rings. The Kier molecular flexibility index (Phi) is 3.15. The Morgan fingerprint density at radius 3 is 2.47 bits per heavy atom. The van der Waals surface area contributed by atoms with Crippen LogP contribution in [0.1, 0.15) is 41.7 Å². The van der Waals surface area contributed by atoms with Crippen molar-refractivity contribution in [3.8, 4) is 0 Å². The highest BCUT2D eigenvalue weighted by molar-refractivity contribution is 7.14. The number of aromatic carboxylic acids is 1. The van der Waals surface area contributed by atoms with Crippen molar-refractivity contribution in [2.75, 3.05) is 0 Å². The summed E-state index contributed by atoms with van der Waals surface area (Å²) in [5, 5.41) is 20.0. The number of allylic oxidation sites excluding steroid dienone is 1. The first-order valence-electron chi connectivity index (χ1n) is 5.96. The summed E-state index contributed by atoms with van der Waals surface area (Å²) in [6.45, 7) is 5.35. The molecule has 0 aromatic carbocycles. The zero-order valence-corrected chi connectivity index (χ0v) is 11.9. The molecule has 2 N–H and O–H groups in total. The number of thiophene rings is 1. The van der Waals surface area contributed by atoms with Gasteiger partial charge >= 0.3 is 5.97 Å². The zero-order valence-electron chi connectivity index (χ0n) is 11.1. The number of hydrogen-bond donors (Lipinski definition) is 2. The lowest BCUT2D eigenvalue weighted by atomic mass is 9.64. The van der Waals surface area contributed by atoms with E-state index in [1.807, 2.05) is 13.8 Å². The first kappa shape index (κ1) is 14.0. The van der Waals surface area contributed by atoms with Crippen LogP contribution >= 0.6 is 11.3 Å². The fourth-order valence-corrected chi connectivity index (χ4v) is 3.85. The quantitative estimate of drug-likeness (QED) is 0.873. The molecule has 4 nitrogen and oxygen atoms in total. The van der Waals surface area contributed by atoms with E-state index in [0.717, 1.165) is 11.3 Å². The first-order chi connectivity index (χ1) is 8.68. The van der Waals surface area contributed by atoms with E-state index in [0.29, 0.717) is 10.5 Å². The van der Waals surface area contributed by atoms with Crippen LogP contribution in [-0.2, 0) is 10.4 Å². The van der Waals surface area contributed by atoms with Gasteiger partial charge < -0.3 is 10.2 Å². The molecule has 1 aromatic rings. The van der Waals surface area contributed by atoms with Crippen molar-refractivity contribution in [3.05, 3.63) is 33.5 Å².